The van der Waals surface area contributed by atoms with Gasteiger partial charge < -0.3 is 9.47 Å². The second-order valence-electron chi connectivity index (χ2n) is 4.66. The van der Waals surface area contributed by atoms with E-state index in [1.165, 1.54) is 25.8 Å². The minimum Gasteiger partial charge on any atom is -0.493 e. The van der Waals surface area contributed by atoms with Crippen LogP contribution in [0.2, 0.25) is 0 Å². The maximum Gasteiger partial charge on any atom is 0.189 e. The topological polar surface area (TPSA) is 69.7 Å². The van der Waals surface area contributed by atoms with Crippen molar-refractivity contribution in [2.45, 2.75) is 31.6 Å². The zero-order valence-electron chi connectivity index (χ0n) is 12.5. The van der Waals surface area contributed by atoms with E-state index in [2.05, 4.69) is 0 Å². The smallest absolute Gasteiger partial charge is 0.189 e. The van der Waals surface area contributed by atoms with Crippen molar-refractivity contribution in [1.29, 1.82) is 0 Å². The number of hydrogen-bond donors (Lipinski definition) is 0. The predicted molar refractivity (Wildman–Crippen MR) is 80.4 cm³/mol. The number of rotatable bonds is 5. The van der Waals surface area contributed by atoms with E-state index in [1.807, 2.05) is 0 Å². The molecule has 1 aliphatic heterocycles. The van der Waals surface area contributed by atoms with E-state index in [4.69, 9.17) is 9.47 Å². The standard InChI is InChI=1S/C11H14O4S.C4H8O/c1-3-15-10-6-4-5-7-11(10)16(13,14)8-9(2)12;1-2-4-5-3-1/h4-7H,3,8H2,1-2H3;1-4H2. The van der Waals surface area contributed by atoms with Gasteiger partial charge in [-0.1, -0.05) is 12.1 Å². The predicted octanol–water partition coefficient (Wildman–Crippen LogP) is 2.24. The number of ketones is 1. The lowest BCUT2D eigenvalue weighted by Gasteiger charge is -2.09. The van der Waals surface area contributed by atoms with Crippen LogP contribution in [0.25, 0.3) is 0 Å². The number of Topliss-reactive ketones (excluding diaryl/α,β-unsaturated/α-hetero) is 1. The lowest BCUT2D eigenvalue weighted by atomic mass is 10.3. The van der Waals surface area contributed by atoms with E-state index in [0.717, 1.165) is 13.2 Å². The van der Waals surface area contributed by atoms with Gasteiger partial charge in [-0.25, -0.2) is 8.42 Å². The summed E-state index contributed by atoms with van der Waals surface area (Å²) < 4.78 is 33.8. The lowest BCUT2D eigenvalue weighted by molar-refractivity contribution is -0.114. The highest BCUT2D eigenvalue weighted by atomic mass is 32.2. The summed E-state index contributed by atoms with van der Waals surface area (Å²) in [7, 11) is -3.59. The van der Waals surface area contributed by atoms with Crippen LogP contribution in [0, 0.1) is 0 Å². The summed E-state index contributed by atoms with van der Waals surface area (Å²) in [5.41, 5.74) is 0. The molecule has 0 saturated carbocycles. The Hall–Kier alpha value is -1.40. The van der Waals surface area contributed by atoms with Crippen LogP contribution >= 0.6 is 0 Å². The Morgan fingerprint density at radius 3 is 2.33 bits per heavy atom. The molecule has 1 aliphatic rings. The average molecular weight is 314 g/mol. The van der Waals surface area contributed by atoms with Gasteiger partial charge in [-0.15, -0.1) is 0 Å². The highest BCUT2D eigenvalue weighted by Crippen LogP contribution is 2.24. The fourth-order valence-corrected chi connectivity index (χ4v) is 3.25. The van der Waals surface area contributed by atoms with E-state index in [0.29, 0.717) is 12.4 Å². The van der Waals surface area contributed by atoms with Gasteiger partial charge in [0.2, 0.25) is 0 Å². The number of ether oxygens (including phenoxy) is 2. The zero-order chi connectivity index (χ0) is 15.7. The molecule has 0 N–H and O–H groups in total. The third kappa shape index (κ3) is 6.27. The number of carbonyl (C=O) groups excluding carboxylic acids is 1. The molecule has 0 spiro atoms. The maximum atomic E-state index is 11.8. The van der Waals surface area contributed by atoms with Crippen LogP contribution in [0.3, 0.4) is 0 Å². The summed E-state index contributed by atoms with van der Waals surface area (Å²) in [6.45, 7) is 5.40. The van der Waals surface area contributed by atoms with Gasteiger partial charge in [0.05, 0.1) is 6.61 Å². The van der Waals surface area contributed by atoms with Gasteiger partial charge in [0, 0.05) is 13.2 Å². The molecule has 5 nitrogen and oxygen atoms in total. The molecule has 21 heavy (non-hydrogen) atoms. The Morgan fingerprint density at radius 2 is 1.86 bits per heavy atom. The summed E-state index contributed by atoms with van der Waals surface area (Å²) in [5.74, 6) is -0.575. The van der Waals surface area contributed by atoms with E-state index in [9.17, 15) is 13.2 Å². The summed E-state index contributed by atoms with van der Waals surface area (Å²) in [6.07, 6.45) is 2.56. The van der Waals surface area contributed by atoms with Gasteiger partial charge >= 0.3 is 0 Å². The maximum absolute atomic E-state index is 11.8. The van der Waals surface area contributed by atoms with Gasteiger partial charge in [0.25, 0.3) is 0 Å². The third-order valence-electron chi connectivity index (χ3n) is 2.70. The molecular formula is C15H22O5S. The Labute approximate surface area is 126 Å². The number of sulfone groups is 1. The van der Waals surface area contributed by atoms with Crippen molar-refractivity contribution in [1.82, 2.24) is 0 Å². The van der Waals surface area contributed by atoms with E-state index in [1.54, 1.807) is 25.1 Å². The molecule has 1 fully saturated rings. The molecule has 1 aromatic carbocycles. The second kappa shape index (κ2) is 8.79. The number of hydrogen-bond acceptors (Lipinski definition) is 5. The largest absolute Gasteiger partial charge is 0.493 e. The molecular weight excluding hydrogens is 292 g/mol. The first-order chi connectivity index (χ1) is 9.97. The first kappa shape index (κ1) is 17.7. The first-order valence-corrected chi connectivity index (χ1v) is 8.64. The van der Waals surface area contributed by atoms with Crippen LogP contribution in [0.15, 0.2) is 29.2 Å². The van der Waals surface area contributed by atoms with Crippen molar-refractivity contribution < 1.29 is 22.7 Å². The van der Waals surface area contributed by atoms with Gasteiger partial charge in [-0.05, 0) is 38.8 Å². The normalized spacial score (nSPS) is 14.2. The molecule has 1 saturated heterocycles. The highest BCUT2D eigenvalue weighted by Gasteiger charge is 2.20. The summed E-state index contributed by atoms with van der Waals surface area (Å²) in [4.78, 5) is 11.0. The molecule has 0 aliphatic carbocycles. The number of carbonyl (C=O) groups is 1. The van der Waals surface area contributed by atoms with Gasteiger partial charge in [0.15, 0.2) is 9.84 Å². The molecule has 0 atom stereocenters. The van der Waals surface area contributed by atoms with Crippen molar-refractivity contribution in [3.8, 4) is 5.75 Å². The van der Waals surface area contributed by atoms with Crippen LogP contribution in [0.1, 0.15) is 26.7 Å². The van der Waals surface area contributed by atoms with Crippen molar-refractivity contribution >= 4 is 15.6 Å². The Kier molecular flexibility index (Phi) is 7.39. The fraction of sp³-hybridized carbons (Fsp3) is 0.533. The Bertz CT molecular complexity index is 539. The van der Waals surface area contributed by atoms with Crippen LogP contribution in [0.5, 0.6) is 5.75 Å². The second-order valence-corrected chi connectivity index (χ2v) is 6.62. The van der Waals surface area contributed by atoms with Crippen LogP contribution in [0.4, 0.5) is 0 Å². The van der Waals surface area contributed by atoms with Gasteiger partial charge in [-0.3, -0.25) is 4.79 Å². The minimum atomic E-state index is -3.59. The van der Waals surface area contributed by atoms with Crippen molar-refractivity contribution in [2.24, 2.45) is 0 Å². The highest BCUT2D eigenvalue weighted by molar-refractivity contribution is 7.92. The van der Waals surface area contributed by atoms with Crippen LogP contribution < -0.4 is 4.74 Å². The monoisotopic (exact) mass is 314 g/mol. The van der Waals surface area contributed by atoms with Crippen LogP contribution in [-0.4, -0.2) is 39.8 Å². The first-order valence-electron chi connectivity index (χ1n) is 6.99. The number of benzene rings is 1. The quantitative estimate of drug-likeness (QED) is 0.833. The molecule has 0 unspecified atom stereocenters. The molecule has 0 bridgehead atoms. The molecule has 0 amide bonds. The fourth-order valence-electron chi connectivity index (χ4n) is 1.84. The summed E-state index contributed by atoms with van der Waals surface area (Å²) in [5, 5.41) is 0. The Balaban J connectivity index is 0.000000369. The zero-order valence-corrected chi connectivity index (χ0v) is 13.3. The molecule has 0 aromatic heterocycles. The summed E-state index contributed by atoms with van der Waals surface area (Å²) >= 11 is 0. The van der Waals surface area contributed by atoms with Crippen LogP contribution in [-0.2, 0) is 19.4 Å². The SMILES string of the molecule is C1CCOC1.CCOc1ccccc1S(=O)(=O)CC(C)=O. The van der Waals surface area contributed by atoms with Gasteiger partial charge in [0.1, 0.15) is 22.2 Å². The van der Waals surface area contributed by atoms with Crippen molar-refractivity contribution in [3.63, 3.8) is 0 Å². The number of para-hydroxylation sites is 1. The Morgan fingerprint density at radius 1 is 1.24 bits per heavy atom. The summed E-state index contributed by atoms with van der Waals surface area (Å²) in [6, 6.07) is 6.33. The molecule has 0 radical (unpaired) electrons. The molecule has 6 heteroatoms. The van der Waals surface area contributed by atoms with E-state index < -0.39 is 15.6 Å². The van der Waals surface area contributed by atoms with E-state index in [-0.39, 0.29) is 10.7 Å². The van der Waals surface area contributed by atoms with Gasteiger partial charge in [-0.2, -0.15) is 0 Å². The van der Waals surface area contributed by atoms with Crippen molar-refractivity contribution in [3.05, 3.63) is 24.3 Å². The average Bonchev–Trinajstić information content (AvgIpc) is 2.97. The van der Waals surface area contributed by atoms with Crippen molar-refractivity contribution in [2.75, 3.05) is 25.6 Å². The van der Waals surface area contributed by atoms with E-state index >= 15 is 0 Å². The molecule has 2 rings (SSSR count). The minimum absolute atomic E-state index is 0.0760. The molecule has 1 heterocycles. The molecule has 118 valence electrons. The lowest BCUT2D eigenvalue weighted by Crippen LogP contribution is -2.14. The third-order valence-corrected chi connectivity index (χ3v) is 4.50. The molecule has 1 aromatic rings.